The van der Waals surface area contributed by atoms with E-state index in [1.807, 2.05) is 42.5 Å². The lowest BCUT2D eigenvalue weighted by molar-refractivity contribution is 0.302. The molecular weight excluding hydrogens is 372 g/mol. The first-order chi connectivity index (χ1) is 14.8. The van der Waals surface area contributed by atoms with Crippen LogP contribution in [0.25, 0.3) is 21.8 Å². The SMILES string of the molecule is COc1cccc(Cc2cc3cc(OCc4ccc5ccccc5n4)ccc3[nH]2)c1. The fourth-order valence-corrected chi connectivity index (χ4v) is 3.70. The molecule has 0 aliphatic carbocycles. The molecule has 0 aliphatic rings. The van der Waals surface area contributed by atoms with E-state index in [1.54, 1.807) is 7.11 Å². The second-order valence-electron chi connectivity index (χ2n) is 7.36. The maximum absolute atomic E-state index is 6.01. The number of aromatic amines is 1. The Labute approximate surface area is 175 Å². The molecule has 5 rings (SSSR count). The summed E-state index contributed by atoms with van der Waals surface area (Å²) < 4.78 is 11.3. The van der Waals surface area contributed by atoms with Crippen LogP contribution >= 0.6 is 0 Å². The Morgan fingerprint density at radius 2 is 1.73 bits per heavy atom. The smallest absolute Gasteiger partial charge is 0.130 e. The van der Waals surface area contributed by atoms with Gasteiger partial charge in [-0.25, -0.2) is 4.98 Å². The summed E-state index contributed by atoms with van der Waals surface area (Å²) in [5.74, 6) is 1.71. The van der Waals surface area contributed by atoms with Gasteiger partial charge >= 0.3 is 0 Å². The van der Waals surface area contributed by atoms with Gasteiger partial charge < -0.3 is 14.5 Å². The van der Waals surface area contributed by atoms with E-state index in [4.69, 9.17) is 9.47 Å². The van der Waals surface area contributed by atoms with Crippen molar-refractivity contribution in [3.05, 3.63) is 102 Å². The molecule has 0 unspecified atom stereocenters. The van der Waals surface area contributed by atoms with Crippen molar-refractivity contribution in [1.82, 2.24) is 9.97 Å². The van der Waals surface area contributed by atoms with Crippen molar-refractivity contribution in [1.29, 1.82) is 0 Å². The third-order valence-electron chi connectivity index (χ3n) is 5.22. The molecule has 2 heterocycles. The monoisotopic (exact) mass is 394 g/mol. The zero-order valence-corrected chi connectivity index (χ0v) is 16.8. The number of H-pyrrole nitrogens is 1. The summed E-state index contributed by atoms with van der Waals surface area (Å²) in [6.45, 7) is 0.442. The van der Waals surface area contributed by atoms with Crippen LogP contribution in [0.2, 0.25) is 0 Å². The molecule has 4 nitrogen and oxygen atoms in total. The molecule has 0 amide bonds. The van der Waals surface area contributed by atoms with Gasteiger partial charge in [0.1, 0.15) is 18.1 Å². The Kier molecular flexibility index (Phi) is 4.81. The molecule has 3 aromatic carbocycles. The van der Waals surface area contributed by atoms with Crippen LogP contribution in [-0.2, 0) is 13.0 Å². The van der Waals surface area contributed by atoms with Crippen molar-refractivity contribution in [3.63, 3.8) is 0 Å². The zero-order chi connectivity index (χ0) is 20.3. The summed E-state index contributed by atoms with van der Waals surface area (Å²) in [7, 11) is 1.69. The number of benzene rings is 3. The lowest BCUT2D eigenvalue weighted by Gasteiger charge is -2.07. The highest BCUT2D eigenvalue weighted by atomic mass is 16.5. The number of methoxy groups -OCH3 is 1. The molecule has 2 aromatic heterocycles. The van der Waals surface area contributed by atoms with Gasteiger partial charge in [-0.15, -0.1) is 0 Å². The van der Waals surface area contributed by atoms with Crippen LogP contribution in [0.3, 0.4) is 0 Å². The molecule has 5 aromatic rings. The highest BCUT2D eigenvalue weighted by molar-refractivity contribution is 5.82. The number of hydrogen-bond acceptors (Lipinski definition) is 3. The Morgan fingerprint density at radius 3 is 2.67 bits per heavy atom. The van der Waals surface area contributed by atoms with Crippen LogP contribution < -0.4 is 9.47 Å². The van der Waals surface area contributed by atoms with Crippen LogP contribution in [0.4, 0.5) is 0 Å². The number of pyridine rings is 1. The molecule has 0 aliphatic heterocycles. The third-order valence-corrected chi connectivity index (χ3v) is 5.22. The van der Waals surface area contributed by atoms with Crippen molar-refractivity contribution in [2.24, 2.45) is 0 Å². The largest absolute Gasteiger partial charge is 0.497 e. The Hall–Kier alpha value is -3.79. The molecule has 1 N–H and O–H groups in total. The molecule has 30 heavy (non-hydrogen) atoms. The summed E-state index contributed by atoms with van der Waals surface area (Å²) in [6.07, 6.45) is 0.823. The lowest BCUT2D eigenvalue weighted by Crippen LogP contribution is -1.98. The van der Waals surface area contributed by atoms with Gasteiger partial charge in [0.25, 0.3) is 0 Å². The van der Waals surface area contributed by atoms with E-state index in [9.17, 15) is 0 Å². The number of hydrogen-bond donors (Lipinski definition) is 1. The molecule has 0 bridgehead atoms. The van der Waals surface area contributed by atoms with Crippen LogP contribution in [-0.4, -0.2) is 17.1 Å². The number of nitrogens with zero attached hydrogens (tertiary/aromatic N) is 1. The van der Waals surface area contributed by atoms with Gasteiger partial charge in [-0.2, -0.15) is 0 Å². The van der Waals surface area contributed by atoms with Crippen LogP contribution in [0.5, 0.6) is 11.5 Å². The van der Waals surface area contributed by atoms with Crippen molar-refractivity contribution in [2.45, 2.75) is 13.0 Å². The van der Waals surface area contributed by atoms with E-state index in [1.165, 1.54) is 5.56 Å². The van der Waals surface area contributed by atoms with Crippen LogP contribution in [0.1, 0.15) is 17.0 Å². The minimum absolute atomic E-state index is 0.442. The van der Waals surface area contributed by atoms with E-state index < -0.39 is 0 Å². The predicted molar refractivity (Wildman–Crippen MR) is 120 cm³/mol. The normalized spacial score (nSPS) is 11.1. The van der Waals surface area contributed by atoms with Gasteiger partial charge in [0.2, 0.25) is 0 Å². The number of ether oxygens (including phenoxy) is 2. The van der Waals surface area contributed by atoms with E-state index in [0.717, 1.165) is 51.1 Å². The highest BCUT2D eigenvalue weighted by Gasteiger charge is 2.06. The number of rotatable bonds is 6. The third kappa shape index (κ3) is 3.85. The molecule has 0 atom stereocenters. The topological polar surface area (TPSA) is 47.1 Å². The number of fused-ring (bicyclic) bond motifs is 2. The first kappa shape index (κ1) is 18.3. The highest BCUT2D eigenvalue weighted by Crippen LogP contribution is 2.24. The van der Waals surface area contributed by atoms with Crippen molar-refractivity contribution in [2.75, 3.05) is 7.11 Å². The molecule has 0 radical (unpaired) electrons. The molecule has 0 saturated carbocycles. The van der Waals surface area contributed by atoms with E-state index >= 15 is 0 Å². The fourth-order valence-electron chi connectivity index (χ4n) is 3.70. The van der Waals surface area contributed by atoms with Gasteiger partial charge in [0, 0.05) is 28.4 Å². The first-order valence-corrected chi connectivity index (χ1v) is 9.99. The number of nitrogens with one attached hydrogen (secondary N) is 1. The Balaban J connectivity index is 1.31. The molecule has 0 spiro atoms. The van der Waals surface area contributed by atoms with Gasteiger partial charge in [-0.3, -0.25) is 0 Å². The Morgan fingerprint density at radius 1 is 0.800 bits per heavy atom. The molecule has 148 valence electrons. The minimum Gasteiger partial charge on any atom is -0.497 e. The maximum Gasteiger partial charge on any atom is 0.130 e. The number of para-hydroxylation sites is 1. The molecule has 0 fully saturated rings. The summed E-state index contributed by atoms with van der Waals surface area (Å²) in [4.78, 5) is 8.17. The fraction of sp³-hybridized carbons (Fsp3) is 0.115. The van der Waals surface area contributed by atoms with Gasteiger partial charge in [-0.05, 0) is 54.1 Å². The maximum atomic E-state index is 6.01. The predicted octanol–water partition coefficient (Wildman–Crippen LogP) is 5.89. The average Bonchev–Trinajstić information content (AvgIpc) is 3.19. The summed E-state index contributed by atoms with van der Waals surface area (Å²) in [6, 6.07) is 28.7. The lowest BCUT2D eigenvalue weighted by atomic mass is 10.1. The summed E-state index contributed by atoms with van der Waals surface area (Å²) >= 11 is 0. The second-order valence-corrected chi connectivity index (χ2v) is 7.36. The van der Waals surface area contributed by atoms with Gasteiger partial charge in [-0.1, -0.05) is 36.4 Å². The van der Waals surface area contributed by atoms with Crippen molar-refractivity contribution < 1.29 is 9.47 Å². The summed E-state index contributed by atoms with van der Waals surface area (Å²) in [5.41, 5.74) is 5.37. The molecule has 0 saturated heterocycles. The quantitative estimate of drug-likeness (QED) is 0.390. The van der Waals surface area contributed by atoms with E-state index in [0.29, 0.717) is 6.61 Å². The first-order valence-electron chi connectivity index (χ1n) is 9.99. The molecule has 4 heteroatoms. The van der Waals surface area contributed by atoms with E-state index in [2.05, 4.69) is 52.4 Å². The second kappa shape index (κ2) is 7.91. The van der Waals surface area contributed by atoms with Crippen LogP contribution in [0, 0.1) is 0 Å². The van der Waals surface area contributed by atoms with Gasteiger partial charge in [0.05, 0.1) is 18.3 Å². The summed E-state index contributed by atoms with van der Waals surface area (Å²) in [5, 5.41) is 2.27. The zero-order valence-electron chi connectivity index (χ0n) is 16.8. The van der Waals surface area contributed by atoms with Crippen molar-refractivity contribution >= 4 is 21.8 Å². The van der Waals surface area contributed by atoms with Crippen molar-refractivity contribution in [3.8, 4) is 11.5 Å². The standard InChI is InChI=1S/C26H22N2O2/c1-29-23-7-4-5-18(14-23)13-22-15-20-16-24(11-12-26(20)28-22)30-17-21-10-9-19-6-2-3-8-25(19)27-21/h2-12,14-16,28H,13,17H2,1H3. The Bertz CT molecular complexity index is 1320. The van der Waals surface area contributed by atoms with Gasteiger partial charge in [0.15, 0.2) is 0 Å². The van der Waals surface area contributed by atoms with Crippen LogP contribution in [0.15, 0.2) is 84.9 Å². The van der Waals surface area contributed by atoms with E-state index in [-0.39, 0.29) is 0 Å². The molecular formula is C26H22N2O2. The average molecular weight is 394 g/mol. The number of aromatic nitrogens is 2. The minimum atomic E-state index is 0.442.